The number of fused-ring (bicyclic) bond motifs is 2. The molecule has 9 nitrogen and oxygen atoms in total. The molecule has 1 amide bonds. The van der Waals surface area contributed by atoms with E-state index < -0.39 is 17.0 Å². The summed E-state index contributed by atoms with van der Waals surface area (Å²) < 4.78 is 17.5. The Morgan fingerprint density at radius 2 is 1.89 bits per heavy atom. The van der Waals surface area contributed by atoms with Crippen LogP contribution in [-0.4, -0.2) is 65.5 Å². The van der Waals surface area contributed by atoms with Crippen LogP contribution in [0.15, 0.2) is 54.6 Å². The number of anilines is 1. The Labute approximate surface area is 258 Å². The Morgan fingerprint density at radius 1 is 1.09 bits per heavy atom. The van der Waals surface area contributed by atoms with Gasteiger partial charge in [-0.05, 0) is 86.9 Å². The summed E-state index contributed by atoms with van der Waals surface area (Å²) in [7, 11) is 1.61. The molecule has 0 bridgehead atoms. The van der Waals surface area contributed by atoms with Gasteiger partial charge in [-0.15, -0.1) is 0 Å². The third kappa shape index (κ3) is 5.61. The van der Waals surface area contributed by atoms with Crippen LogP contribution in [-0.2, 0) is 33.8 Å². The Morgan fingerprint density at radius 3 is 2.64 bits per heavy atom. The standard InChI is InChI=1S/C35H41N3O6/c1-22-8-6-9-27(28-10-7-11-30(36-28)38-19-26-17-35(26,32(39)40)29(38)21-42-5)31(22)43-20-23-12-13-24-14-15-37(18-25(24)16-23)33(41)44-34(2,3)4/h6-13,16,26,29H,14-15,17-21H2,1-5H3,(H,39,40)/t26-,29+,35+/m0/s1. The number of carbonyl (C=O) groups is 2. The van der Waals surface area contributed by atoms with Crippen LogP contribution in [0.2, 0.25) is 0 Å². The van der Waals surface area contributed by atoms with Crippen LogP contribution in [0.4, 0.5) is 10.6 Å². The lowest BCUT2D eigenvalue weighted by Gasteiger charge is -2.31. The summed E-state index contributed by atoms with van der Waals surface area (Å²) in [4.78, 5) is 33.8. The minimum Gasteiger partial charge on any atom is -0.488 e. The quantitative estimate of drug-likeness (QED) is 0.344. The van der Waals surface area contributed by atoms with Gasteiger partial charge < -0.3 is 29.1 Å². The van der Waals surface area contributed by atoms with E-state index in [4.69, 9.17) is 19.2 Å². The molecule has 3 atom stereocenters. The topological polar surface area (TPSA) is 101 Å². The van der Waals surface area contributed by atoms with Gasteiger partial charge in [0.2, 0.25) is 0 Å². The monoisotopic (exact) mass is 599 g/mol. The molecule has 2 aromatic carbocycles. The number of nitrogens with zero attached hydrogens (tertiary/aromatic N) is 3. The number of aliphatic carboxylic acids is 1. The van der Waals surface area contributed by atoms with Crippen molar-refractivity contribution in [2.75, 3.05) is 31.7 Å². The van der Waals surface area contributed by atoms with Crippen molar-refractivity contribution >= 4 is 17.9 Å². The first kappa shape index (κ1) is 29.9. The number of amides is 1. The summed E-state index contributed by atoms with van der Waals surface area (Å²) in [5.41, 5.74) is 4.70. The van der Waals surface area contributed by atoms with E-state index in [0.717, 1.165) is 45.9 Å². The van der Waals surface area contributed by atoms with Crippen molar-refractivity contribution in [2.45, 2.75) is 65.3 Å². The molecule has 0 spiro atoms. The number of carboxylic acids is 1. The minimum absolute atomic E-state index is 0.108. The first-order valence-corrected chi connectivity index (χ1v) is 15.3. The average molecular weight is 600 g/mol. The van der Waals surface area contributed by atoms with Gasteiger partial charge in [0.25, 0.3) is 0 Å². The minimum atomic E-state index is -0.760. The van der Waals surface area contributed by atoms with Gasteiger partial charge in [0.1, 0.15) is 23.8 Å². The molecule has 44 heavy (non-hydrogen) atoms. The molecule has 1 saturated heterocycles. The Hall–Kier alpha value is -4.11. The van der Waals surface area contributed by atoms with E-state index in [2.05, 4.69) is 23.1 Å². The second kappa shape index (κ2) is 11.4. The molecule has 3 heterocycles. The van der Waals surface area contributed by atoms with Gasteiger partial charge in [-0.25, -0.2) is 9.78 Å². The van der Waals surface area contributed by atoms with Gasteiger partial charge >= 0.3 is 12.1 Å². The summed E-state index contributed by atoms with van der Waals surface area (Å²) in [6.07, 6.45) is 1.18. The number of rotatable bonds is 8. The van der Waals surface area contributed by atoms with Gasteiger partial charge in [0, 0.05) is 32.3 Å². The molecular weight excluding hydrogens is 558 g/mol. The lowest BCUT2D eigenvalue weighted by molar-refractivity contribution is -0.144. The third-order valence-corrected chi connectivity index (χ3v) is 9.10. The molecule has 1 N–H and O–H groups in total. The first-order valence-electron chi connectivity index (χ1n) is 15.3. The number of methoxy groups -OCH3 is 1. The highest BCUT2D eigenvalue weighted by Gasteiger charge is 2.71. The van der Waals surface area contributed by atoms with Gasteiger partial charge in [-0.2, -0.15) is 0 Å². The second-order valence-corrected chi connectivity index (χ2v) is 13.2. The highest BCUT2D eigenvalue weighted by molar-refractivity contribution is 5.82. The van der Waals surface area contributed by atoms with Gasteiger partial charge in [0.15, 0.2) is 0 Å². The van der Waals surface area contributed by atoms with Crippen molar-refractivity contribution in [1.82, 2.24) is 9.88 Å². The van der Waals surface area contributed by atoms with Crippen molar-refractivity contribution < 1.29 is 28.9 Å². The summed E-state index contributed by atoms with van der Waals surface area (Å²) in [5, 5.41) is 10.0. The number of hydrogen-bond acceptors (Lipinski definition) is 7. The molecule has 1 saturated carbocycles. The number of aromatic nitrogens is 1. The Bertz CT molecular complexity index is 1580. The number of carboxylic acid groups (broad SMARTS) is 1. The fourth-order valence-corrected chi connectivity index (χ4v) is 6.80. The predicted molar refractivity (Wildman–Crippen MR) is 167 cm³/mol. The highest BCUT2D eigenvalue weighted by Crippen LogP contribution is 2.62. The molecule has 2 fully saturated rings. The molecule has 3 aliphatic rings. The average Bonchev–Trinajstić information content (AvgIpc) is 3.63. The SMILES string of the molecule is COC[C@H]1N(c2cccc(-c3cccc(C)c3OCc3ccc4c(c3)CN(C(=O)OC(C)(C)C)CC4)n2)C[C@@H]2C[C@@]21C(=O)O. The number of benzene rings is 2. The maximum atomic E-state index is 12.7. The van der Waals surface area contributed by atoms with Crippen LogP contribution < -0.4 is 9.64 Å². The lowest BCUT2D eigenvalue weighted by Crippen LogP contribution is -2.43. The van der Waals surface area contributed by atoms with Crippen LogP contribution in [0.1, 0.15) is 49.4 Å². The summed E-state index contributed by atoms with van der Waals surface area (Å²) >= 11 is 0. The van der Waals surface area contributed by atoms with Crippen molar-refractivity contribution in [3.8, 4) is 17.0 Å². The number of pyridine rings is 1. The second-order valence-electron chi connectivity index (χ2n) is 13.2. The Balaban J connectivity index is 1.21. The zero-order valence-electron chi connectivity index (χ0n) is 26.1. The fraction of sp³-hybridized carbons (Fsp3) is 0.457. The maximum Gasteiger partial charge on any atom is 0.410 e. The summed E-state index contributed by atoms with van der Waals surface area (Å²) in [6, 6.07) is 18.0. The van der Waals surface area contributed by atoms with E-state index >= 15 is 0 Å². The molecule has 0 unspecified atom stereocenters. The third-order valence-electron chi connectivity index (χ3n) is 9.10. The molecule has 1 aromatic heterocycles. The molecule has 0 radical (unpaired) electrons. The molecule has 1 aliphatic carbocycles. The van der Waals surface area contributed by atoms with E-state index in [-0.39, 0.29) is 18.1 Å². The molecule has 3 aromatic rings. The van der Waals surface area contributed by atoms with Crippen LogP contribution in [0.3, 0.4) is 0 Å². The number of carbonyl (C=O) groups excluding carboxylic acids is 1. The number of hydrogen-bond donors (Lipinski definition) is 1. The van der Waals surface area contributed by atoms with Crippen LogP contribution in [0.25, 0.3) is 11.3 Å². The van der Waals surface area contributed by atoms with Gasteiger partial charge in [-0.3, -0.25) is 4.79 Å². The van der Waals surface area contributed by atoms with Crippen molar-refractivity contribution in [3.05, 3.63) is 76.9 Å². The van der Waals surface area contributed by atoms with Gasteiger partial charge in [0.05, 0.1) is 23.8 Å². The first-order chi connectivity index (χ1) is 21.0. The van der Waals surface area contributed by atoms with Crippen molar-refractivity contribution in [1.29, 1.82) is 0 Å². The zero-order chi connectivity index (χ0) is 31.2. The molecule has 232 valence electrons. The predicted octanol–water partition coefficient (Wildman–Crippen LogP) is 5.86. The van der Waals surface area contributed by atoms with E-state index in [1.807, 2.05) is 64.1 Å². The molecule has 9 heteroatoms. The molecule has 2 aliphatic heterocycles. The number of para-hydroxylation sites is 1. The fourth-order valence-electron chi connectivity index (χ4n) is 6.80. The summed E-state index contributed by atoms with van der Waals surface area (Å²) in [5.74, 6) is 0.854. The summed E-state index contributed by atoms with van der Waals surface area (Å²) in [6.45, 7) is 10.2. The van der Waals surface area contributed by atoms with E-state index in [1.54, 1.807) is 12.0 Å². The molecule has 6 rings (SSSR count). The largest absolute Gasteiger partial charge is 0.488 e. The van der Waals surface area contributed by atoms with Crippen molar-refractivity contribution in [3.63, 3.8) is 0 Å². The maximum absolute atomic E-state index is 12.7. The molecular formula is C35H41N3O6. The number of piperidine rings is 1. The van der Waals surface area contributed by atoms with Crippen LogP contribution >= 0.6 is 0 Å². The van der Waals surface area contributed by atoms with E-state index in [1.165, 1.54) is 5.56 Å². The normalized spacial score (nSPS) is 22.3. The van der Waals surface area contributed by atoms with Crippen LogP contribution in [0.5, 0.6) is 5.75 Å². The van der Waals surface area contributed by atoms with E-state index in [0.29, 0.717) is 39.3 Å². The van der Waals surface area contributed by atoms with Gasteiger partial charge in [-0.1, -0.05) is 36.4 Å². The van der Waals surface area contributed by atoms with Crippen molar-refractivity contribution in [2.24, 2.45) is 11.3 Å². The smallest absolute Gasteiger partial charge is 0.410 e. The Kier molecular flexibility index (Phi) is 7.78. The van der Waals surface area contributed by atoms with E-state index in [9.17, 15) is 14.7 Å². The highest BCUT2D eigenvalue weighted by atomic mass is 16.6. The van der Waals surface area contributed by atoms with Crippen LogP contribution in [0, 0.1) is 18.3 Å². The number of ether oxygens (including phenoxy) is 3. The zero-order valence-corrected chi connectivity index (χ0v) is 26.1. The number of aryl methyl sites for hydroxylation is 1. The lowest BCUT2D eigenvalue weighted by atomic mass is 9.97.